The van der Waals surface area contributed by atoms with Crippen molar-refractivity contribution >= 4 is 23.3 Å². The average Bonchev–Trinajstić information content (AvgIpc) is 3.16. The van der Waals surface area contributed by atoms with Gasteiger partial charge in [0.1, 0.15) is 10.8 Å². The Bertz CT molecular complexity index is 1100. The monoisotopic (exact) mass is 394 g/mol. The van der Waals surface area contributed by atoms with Gasteiger partial charge in [0.2, 0.25) is 5.91 Å². The highest BCUT2D eigenvalue weighted by Crippen LogP contribution is 2.19. The van der Waals surface area contributed by atoms with Crippen molar-refractivity contribution in [1.29, 1.82) is 0 Å². The van der Waals surface area contributed by atoms with Crippen molar-refractivity contribution in [3.63, 3.8) is 0 Å². The third-order valence-corrected chi connectivity index (χ3v) is 4.83. The molecule has 9 heteroatoms. The second-order valence-electron chi connectivity index (χ2n) is 5.90. The molecule has 0 saturated carbocycles. The Kier molecular flexibility index (Phi) is 5.24. The third kappa shape index (κ3) is 4.15. The summed E-state index contributed by atoms with van der Waals surface area (Å²) in [6, 6.07) is 13.3. The Balaban J connectivity index is 1.40. The van der Waals surface area contributed by atoms with E-state index in [2.05, 4.69) is 25.6 Å². The van der Waals surface area contributed by atoms with E-state index < -0.39 is 0 Å². The van der Waals surface area contributed by atoms with Gasteiger partial charge in [0.05, 0.1) is 5.75 Å². The second-order valence-corrected chi connectivity index (χ2v) is 6.89. The van der Waals surface area contributed by atoms with E-state index in [0.717, 1.165) is 11.1 Å². The van der Waals surface area contributed by atoms with Crippen LogP contribution in [0.2, 0.25) is 0 Å². The van der Waals surface area contributed by atoms with Gasteiger partial charge in [-0.1, -0.05) is 23.9 Å². The summed E-state index contributed by atoms with van der Waals surface area (Å²) in [5.41, 5.74) is 2.26. The SMILES string of the molecule is O=C(CSc1ccc2nnc(-c3cccnc3)n2n1)NCc1ccc(F)cc1. The van der Waals surface area contributed by atoms with Gasteiger partial charge in [-0.2, -0.15) is 9.61 Å². The number of pyridine rings is 1. The smallest absolute Gasteiger partial charge is 0.230 e. The molecule has 0 fully saturated rings. The molecule has 0 aliphatic rings. The minimum Gasteiger partial charge on any atom is -0.351 e. The van der Waals surface area contributed by atoms with Crippen LogP contribution in [-0.2, 0) is 11.3 Å². The van der Waals surface area contributed by atoms with Crippen molar-refractivity contribution in [1.82, 2.24) is 30.1 Å². The van der Waals surface area contributed by atoms with Gasteiger partial charge < -0.3 is 5.32 Å². The largest absolute Gasteiger partial charge is 0.351 e. The number of benzene rings is 1. The molecule has 1 amide bonds. The topological polar surface area (TPSA) is 85.1 Å². The molecule has 0 atom stereocenters. The standard InChI is InChI=1S/C19H15FN6OS/c20-15-5-3-13(4-6-15)10-22-17(27)12-28-18-8-7-16-23-24-19(26(16)25-18)14-2-1-9-21-11-14/h1-9,11H,10,12H2,(H,22,27). The van der Waals surface area contributed by atoms with Crippen LogP contribution >= 0.6 is 11.8 Å². The zero-order valence-corrected chi connectivity index (χ0v) is 15.4. The van der Waals surface area contributed by atoms with Gasteiger partial charge in [0, 0.05) is 24.5 Å². The molecule has 0 aliphatic heterocycles. The normalized spacial score (nSPS) is 10.9. The number of halogens is 1. The summed E-state index contributed by atoms with van der Waals surface area (Å²) in [4.78, 5) is 16.2. The molecule has 3 aromatic heterocycles. The fourth-order valence-electron chi connectivity index (χ4n) is 2.52. The molecule has 0 saturated heterocycles. The number of amides is 1. The van der Waals surface area contributed by atoms with E-state index in [1.807, 2.05) is 12.1 Å². The second kappa shape index (κ2) is 8.13. The van der Waals surface area contributed by atoms with E-state index in [-0.39, 0.29) is 17.5 Å². The first-order valence-corrected chi connectivity index (χ1v) is 9.44. The van der Waals surface area contributed by atoms with E-state index in [1.165, 1.54) is 23.9 Å². The van der Waals surface area contributed by atoms with E-state index in [0.29, 0.717) is 23.0 Å². The van der Waals surface area contributed by atoms with Gasteiger partial charge in [0.15, 0.2) is 11.5 Å². The van der Waals surface area contributed by atoms with Crippen LogP contribution in [0, 0.1) is 5.82 Å². The highest BCUT2D eigenvalue weighted by Gasteiger charge is 2.11. The van der Waals surface area contributed by atoms with Crippen LogP contribution < -0.4 is 5.32 Å². The molecule has 0 aliphatic carbocycles. The van der Waals surface area contributed by atoms with Crippen molar-refractivity contribution in [3.8, 4) is 11.4 Å². The molecular formula is C19H15FN6OS. The van der Waals surface area contributed by atoms with Crippen LogP contribution in [0.5, 0.6) is 0 Å². The number of nitrogens with one attached hydrogen (secondary N) is 1. The molecule has 0 unspecified atom stereocenters. The van der Waals surface area contributed by atoms with E-state index >= 15 is 0 Å². The van der Waals surface area contributed by atoms with Crippen LogP contribution in [0.1, 0.15) is 5.56 Å². The predicted molar refractivity (Wildman–Crippen MR) is 103 cm³/mol. The Hall–Kier alpha value is -3.33. The summed E-state index contributed by atoms with van der Waals surface area (Å²) < 4.78 is 14.5. The zero-order valence-electron chi connectivity index (χ0n) is 14.6. The molecule has 1 aromatic carbocycles. The Morgan fingerprint density at radius 2 is 1.96 bits per heavy atom. The quantitative estimate of drug-likeness (QED) is 0.506. The average molecular weight is 394 g/mol. The van der Waals surface area contributed by atoms with Gasteiger partial charge in [-0.15, -0.1) is 10.2 Å². The van der Waals surface area contributed by atoms with Crippen molar-refractivity contribution in [3.05, 3.63) is 72.3 Å². The summed E-state index contributed by atoms with van der Waals surface area (Å²) in [7, 11) is 0. The molecule has 0 radical (unpaired) electrons. The fourth-order valence-corrected chi connectivity index (χ4v) is 3.20. The van der Waals surface area contributed by atoms with Crippen molar-refractivity contribution in [2.75, 3.05) is 5.75 Å². The molecular weight excluding hydrogens is 379 g/mol. The first kappa shape index (κ1) is 18.1. The van der Waals surface area contributed by atoms with Gasteiger partial charge in [-0.3, -0.25) is 9.78 Å². The lowest BCUT2D eigenvalue weighted by Gasteiger charge is -2.06. The van der Waals surface area contributed by atoms with Gasteiger partial charge in [0.25, 0.3) is 0 Å². The maximum Gasteiger partial charge on any atom is 0.230 e. The van der Waals surface area contributed by atoms with Crippen molar-refractivity contribution in [2.24, 2.45) is 0 Å². The van der Waals surface area contributed by atoms with Crippen molar-refractivity contribution < 1.29 is 9.18 Å². The summed E-state index contributed by atoms with van der Waals surface area (Å²) in [5.74, 6) is 0.370. The lowest BCUT2D eigenvalue weighted by molar-refractivity contribution is -0.118. The van der Waals surface area contributed by atoms with E-state index in [9.17, 15) is 9.18 Å². The highest BCUT2D eigenvalue weighted by molar-refractivity contribution is 7.99. The maximum absolute atomic E-state index is 12.9. The Labute approximate surface area is 164 Å². The molecule has 140 valence electrons. The number of carbonyl (C=O) groups is 1. The number of nitrogens with zero attached hydrogens (tertiary/aromatic N) is 5. The lowest BCUT2D eigenvalue weighted by Crippen LogP contribution is -2.24. The molecule has 0 bridgehead atoms. The van der Waals surface area contributed by atoms with Crippen LogP contribution in [-0.4, -0.2) is 36.5 Å². The van der Waals surface area contributed by atoms with Crippen LogP contribution in [0.4, 0.5) is 4.39 Å². The fraction of sp³-hybridized carbons (Fsp3) is 0.105. The zero-order chi connectivity index (χ0) is 19.3. The van der Waals surface area contributed by atoms with Crippen LogP contribution in [0.25, 0.3) is 17.0 Å². The molecule has 4 aromatic rings. The number of rotatable bonds is 6. The Morgan fingerprint density at radius 1 is 1.11 bits per heavy atom. The number of hydrogen-bond acceptors (Lipinski definition) is 6. The predicted octanol–water partition coefficient (Wildman–Crippen LogP) is 2.73. The van der Waals surface area contributed by atoms with Crippen LogP contribution in [0.3, 0.4) is 0 Å². The lowest BCUT2D eigenvalue weighted by atomic mass is 10.2. The first-order valence-electron chi connectivity index (χ1n) is 8.46. The number of carbonyl (C=O) groups excluding carboxylic acids is 1. The molecule has 4 rings (SSSR count). The number of fused-ring (bicyclic) bond motifs is 1. The number of aromatic nitrogens is 5. The molecule has 0 spiro atoms. The summed E-state index contributed by atoms with van der Waals surface area (Å²) in [6.07, 6.45) is 3.38. The van der Waals surface area contributed by atoms with Crippen molar-refractivity contribution in [2.45, 2.75) is 11.6 Å². The van der Waals surface area contributed by atoms with Crippen LogP contribution in [0.15, 0.2) is 66.0 Å². The first-order chi connectivity index (χ1) is 13.7. The number of hydrogen-bond donors (Lipinski definition) is 1. The Morgan fingerprint density at radius 3 is 2.75 bits per heavy atom. The minimum absolute atomic E-state index is 0.132. The highest BCUT2D eigenvalue weighted by atomic mass is 32.2. The third-order valence-electron chi connectivity index (χ3n) is 3.91. The maximum atomic E-state index is 12.9. The summed E-state index contributed by atoms with van der Waals surface area (Å²) in [6.45, 7) is 0.350. The van der Waals surface area contributed by atoms with Gasteiger partial charge in [-0.25, -0.2) is 4.39 Å². The van der Waals surface area contributed by atoms with Gasteiger partial charge >= 0.3 is 0 Å². The number of thioether (sulfide) groups is 1. The van der Waals surface area contributed by atoms with E-state index in [1.54, 1.807) is 41.2 Å². The minimum atomic E-state index is -0.299. The summed E-state index contributed by atoms with van der Waals surface area (Å²) in [5, 5.41) is 16.3. The summed E-state index contributed by atoms with van der Waals surface area (Å²) >= 11 is 1.31. The molecule has 7 nitrogen and oxygen atoms in total. The van der Waals surface area contributed by atoms with E-state index in [4.69, 9.17) is 0 Å². The van der Waals surface area contributed by atoms with Gasteiger partial charge in [-0.05, 0) is 42.0 Å². The molecule has 28 heavy (non-hydrogen) atoms. The molecule has 1 N–H and O–H groups in total. The molecule has 3 heterocycles.